The summed E-state index contributed by atoms with van der Waals surface area (Å²) in [5.41, 5.74) is -0.876. The van der Waals surface area contributed by atoms with Gasteiger partial charge in [-0.2, -0.15) is 0 Å². The summed E-state index contributed by atoms with van der Waals surface area (Å²) in [4.78, 5) is 134. The minimum absolute atomic E-state index is 0.0381. The quantitative estimate of drug-likeness (QED) is 0.0407. The van der Waals surface area contributed by atoms with E-state index in [1.54, 1.807) is 45.0 Å². The summed E-state index contributed by atoms with van der Waals surface area (Å²) < 4.78 is 77.4. The fraction of sp³-hybridized carbons (Fsp3) is 0.640. The van der Waals surface area contributed by atoms with Crippen molar-refractivity contribution in [2.24, 2.45) is 11.8 Å². The number of rotatable bonds is 33. The lowest BCUT2D eigenvalue weighted by atomic mass is 9.90. The molecular formula is C75H104F2N4O17. The van der Waals surface area contributed by atoms with Gasteiger partial charge >= 0.3 is 35.9 Å². The molecule has 4 fully saturated rings. The highest BCUT2D eigenvalue weighted by atomic mass is 19.1. The fourth-order valence-corrected chi connectivity index (χ4v) is 12.2. The Kier molecular flexibility index (Phi) is 27.8. The lowest BCUT2D eigenvalue weighted by Crippen LogP contribution is -2.54. The second-order valence-corrected chi connectivity index (χ2v) is 29.3. The van der Waals surface area contributed by atoms with E-state index in [-0.39, 0.29) is 68.8 Å². The smallest absolute Gasteiger partial charge is 0.410 e. The number of likely N-dealkylation sites (N-methyl/N-ethyl adjacent to an activating group) is 4. The lowest BCUT2D eigenvalue weighted by Gasteiger charge is -2.35. The van der Waals surface area contributed by atoms with Crippen LogP contribution in [0.15, 0.2) is 78.9 Å². The van der Waals surface area contributed by atoms with E-state index in [0.717, 1.165) is 74.8 Å². The molecular weight excluding hydrogens is 1270 g/mol. The Morgan fingerprint density at radius 2 is 0.878 bits per heavy atom. The SMILES string of the molecule is C[C@@H](OC(=O)[C@H](CC1CC1)N(C)C(=O)[C@@H](Cc1ccc(C2CCOCC2)cc1)OC(=O)[C@H](CC(C)(C)F)N(C)C(=O)[C@@H](C)OC(=O)[C@H](CC1CC1)N(C)C(=O)[C@@H](Cc1ccc(C2CCOCC2)cc1)OC(=O)[C@H](CCC(C)(C)F)N(C)C(=O)OC(C)(C)C)C(=O)OCc1ccccc1. The molecule has 98 heavy (non-hydrogen) atoms. The number of ether oxygens (including phenoxy) is 8. The van der Waals surface area contributed by atoms with Crippen molar-refractivity contribution in [2.75, 3.05) is 54.6 Å². The normalized spacial score (nSPS) is 18.0. The third-order valence-electron chi connectivity index (χ3n) is 18.6. The van der Waals surface area contributed by atoms with Crippen LogP contribution in [0.25, 0.3) is 0 Å². The van der Waals surface area contributed by atoms with E-state index in [0.29, 0.717) is 50.4 Å². The molecule has 2 heterocycles. The average Bonchev–Trinajstić information content (AvgIpc) is 0.968. The summed E-state index contributed by atoms with van der Waals surface area (Å²) in [6, 6.07) is 18.2. The predicted octanol–water partition coefficient (Wildman–Crippen LogP) is 10.7. The van der Waals surface area contributed by atoms with Crippen LogP contribution in [0.1, 0.15) is 185 Å². The van der Waals surface area contributed by atoms with Gasteiger partial charge in [0.25, 0.3) is 17.7 Å². The molecule has 3 aromatic rings. The van der Waals surface area contributed by atoms with Gasteiger partial charge in [-0.05, 0) is 165 Å². The molecule has 4 aliphatic rings. The Labute approximate surface area is 576 Å². The molecule has 23 heteroatoms. The van der Waals surface area contributed by atoms with Crippen LogP contribution in [0.4, 0.5) is 13.6 Å². The number of esters is 5. The molecule has 2 aliphatic heterocycles. The molecule has 0 N–H and O–H groups in total. The molecule has 0 spiro atoms. The van der Waals surface area contributed by atoms with Crippen molar-refractivity contribution < 1.29 is 89.8 Å². The molecule has 8 atom stereocenters. The molecule has 4 amide bonds. The Morgan fingerprint density at radius 1 is 0.469 bits per heavy atom. The van der Waals surface area contributed by atoms with Crippen LogP contribution in [0, 0.1) is 11.8 Å². The number of hydrogen-bond acceptors (Lipinski definition) is 17. The van der Waals surface area contributed by atoms with Gasteiger partial charge in [-0.15, -0.1) is 0 Å². The van der Waals surface area contributed by atoms with Gasteiger partial charge in [0, 0.05) is 73.9 Å². The monoisotopic (exact) mass is 1370 g/mol. The first-order chi connectivity index (χ1) is 46.1. The Morgan fingerprint density at radius 3 is 1.29 bits per heavy atom. The van der Waals surface area contributed by atoms with E-state index in [9.17, 15) is 33.6 Å². The minimum Gasteiger partial charge on any atom is -0.458 e. The molecule has 0 aromatic heterocycles. The fourth-order valence-electron chi connectivity index (χ4n) is 12.2. The van der Waals surface area contributed by atoms with Gasteiger partial charge in [0.1, 0.15) is 47.7 Å². The molecule has 2 saturated carbocycles. The topological polar surface area (TPSA) is 240 Å². The third kappa shape index (κ3) is 24.1. The Balaban J connectivity index is 1.12. The highest BCUT2D eigenvalue weighted by Crippen LogP contribution is 2.38. The highest BCUT2D eigenvalue weighted by molar-refractivity contribution is 5.93. The molecule has 0 bridgehead atoms. The van der Waals surface area contributed by atoms with Crippen LogP contribution in [0.2, 0.25) is 0 Å². The average molecular weight is 1370 g/mol. The predicted molar refractivity (Wildman–Crippen MR) is 359 cm³/mol. The number of carbonyl (C=O) groups excluding carboxylic acids is 9. The number of nitrogens with zero attached hydrogens (tertiary/aromatic N) is 4. The summed E-state index contributed by atoms with van der Waals surface area (Å²) in [5, 5.41) is 0. The van der Waals surface area contributed by atoms with Gasteiger partial charge in [0.2, 0.25) is 0 Å². The molecule has 21 nitrogen and oxygen atoms in total. The van der Waals surface area contributed by atoms with Crippen LogP contribution in [-0.2, 0) is 95.7 Å². The number of carbonyl (C=O) groups is 9. The van der Waals surface area contributed by atoms with Crippen molar-refractivity contribution in [1.82, 2.24) is 19.6 Å². The minimum atomic E-state index is -2.15. The zero-order chi connectivity index (χ0) is 71.8. The summed E-state index contributed by atoms with van der Waals surface area (Å²) in [5.74, 6) is -7.04. The maximum absolute atomic E-state index is 16.1. The molecule has 0 radical (unpaired) electrons. The van der Waals surface area contributed by atoms with Crippen LogP contribution in [-0.4, -0.2) is 193 Å². The van der Waals surface area contributed by atoms with Crippen molar-refractivity contribution in [2.45, 2.75) is 243 Å². The van der Waals surface area contributed by atoms with Crippen molar-refractivity contribution in [1.29, 1.82) is 0 Å². The van der Waals surface area contributed by atoms with Crippen LogP contribution >= 0.6 is 0 Å². The maximum atomic E-state index is 16.1. The number of halogens is 2. The van der Waals surface area contributed by atoms with E-state index in [1.165, 1.54) is 69.7 Å². The van der Waals surface area contributed by atoms with Gasteiger partial charge in [-0.1, -0.05) is 105 Å². The van der Waals surface area contributed by atoms with Crippen molar-refractivity contribution in [3.63, 3.8) is 0 Å². The summed E-state index contributed by atoms with van der Waals surface area (Å²) in [6.07, 6.45) is -2.12. The second-order valence-electron chi connectivity index (χ2n) is 29.3. The zero-order valence-corrected chi connectivity index (χ0v) is 59.6. The molecule has 3 aromatic carbocycles. The molecule has 2 saturated heterocycles. The van der Waals surface area contributed by atoms with E-state index in [1.807, 2.05) is 54.6 Å². The number of alkyl halides is 2. The van der Waals surface area contributed by atoms with Crippen LogP contribution in [0.3, 0.4) is 0 Å². The van der Waals surface area contributed by atoms with E-state index >= 15 is 18.4 Å². The van der Waals surface area contributed by atoms with E-state index in [4.69, 9.17) is 37.9 Å². The van der Waals surface area contributed by atoms with Gasteiger partial charge in [0.05, 0.1) is 0 Å². The van der Waals surface area contributed by atoms with Crippen LogP contribution in [0.5, 0.6) is 0 Å². The second kappa shape index (κ2) is 35.0. The summed E-state index contributed by atoms with van der Waals surface area (Å²) in [7, 11) is 5.27. The Bertz CT molecular complexity index is 3170. The van der Waals surface area contributed by atoms with Gasteiger partial charge < -0.3 is 52.6 Å². The zero-order valence-electron chi connectivity index (χ0n) is 59.6. The first-order valence-corrected chi connectivity index (χ1v) is 34.6. The van der Waals surface area contributed by atoms with Crippen LogP contribution < -0.4 is 0 Å². The van der Waals surface area contributed by atoms with Crippen molar-refractivity contribution >= 4 is 53.7 Å². The molecule has 0 unspecified atom stereocenters. The van der Waals surface area contributed by atoms with E-state index in [2.05, 4.69) is 0 Å². The number of benzene rings is 3. The summed E-state index contributed by atoms with van der Waals surface area (Å²) >= 11 is 0. The maximum Gasteiger partial charge on any atom is 0.410 e. The third-order valence-corrected chi connectivity index (χ3v) is 18.6. The van der Waals surface area contributed by atoms with Crippen molar-refractivity contribution in [3.05, 3.63) is 107 Å². The first-order valence-electron chi connectivity index (χ1n) is 34.6. The Hall–Kier alpha value is -7.53. The molecule has 7 rings (SSSR count). The molecule has 540 valence electrons. The number of amides is 4. The standard InChI is InChI=1S/C75H104F2N4O17/c1-47(94-69(87)59(41-49-19-20-49)78(10)65(83)62(43-51-23-27-54(28-24-51)56-32-37-91-38-33-56)96-68(86)58(31-36-74(6,7)76)81(13)72(90)98-73(3,4)5)64(82)80(12)61(45-75(8,9)77)71(89)97-63(44-52-25-29-55(30-26-52)57-34-39-92-40-35-57)66(84)79(11)60(42-50-21-22-50)70(88)95-48(2)67(85)93-46-53-17-15-14-16-18-53/h14-18,23-30,47-50,56-63H,19-22,31-46H2,1-13H3/t47-,48-,58+,59+,60+,61+,62-,63-/m1/s1. The van der Waals surface area contributed by atoms with Gasteiger partial charge in [0.15, 0.2) is 24.4 Å². The van der Waals surface area contributed by atoms with Gasteiger partial charge in [-0.3, -0.25) is 19.3 Å². The van der Waals surface area contributed by atoms with E-state index < -0.39 is 126 Å². The highest BCUT2D eigenvalue weighted by Gasteiger charge is 2.45. The molecule has 2 aliphatic carbocycles. The number of hydrogen-bond donors (Lipinski definition) is 0. The van der Waals surface area contributed by atoms with Crippen molar-refractivity contribution in [3.8, 4) is 0 Å². The van der Waals surface area contributed by atoms with Gasteiger partial charge in [-0.25, -0.2) is 37.5 Å². The largest absolute Gasteiger partial charge is 0.458 e. The summed E-state index contributed by atoms with van der Waals surface area (Å²) in [6.45, 7) is 15.0. The first kappa shape index (κ1) is 77.8. The lowest BCUT2D eigenvalue weighted by molar-refractivity contribution is -0.176.